The van der Waals surface area contributed by atoms with E-state index in [1.165, 1.54) is 23.5 Å². The van der Waals surface area contributed by atoms with E-state index in [0.717, 1.165) is 4.90 Å². The molecule has 1 aromatic carbocycles. The summed E-state index contributed by atoms with van der Waals surface area (Å²) in [6, 6.07) is 6.57. The number of anilines is 1. The van der Waals surface area contributed by atoms with Gasteiger partial charge in [0.15, 0.2) is 3.95 Å². The lowest BCUT2D eigenvalue weighted by molar-refractivity contribution is -0.119. The summed E-state index contributed by atoms with van der Waals surface area (Å²) in [5, 5.41) is 14.8. The van der Waals surface area contributed by atoms with Gasteiger partial charge in [0.2, 0.25) is 5.13 Å². The fourth-order valence-corrected chi connectivity index (χ4v) is 2.39. The SMILES string of the molecule is O=C1C=CC(=O)N1c1ccc(N=Nc2n[nH]c(=S)s2)cc1. The quantitative estimate of drug-likeness (QED) is 0.535. The van der Waals surface area contributed by atoms with Gasteiger partial charge in [-0.25, -0.2) is 4.90 Å². The number of hydrogen-bond donors (Lipinski definition) is 1. The van der Waals surface area contributed by atoms with Gasteiger partial charge < -0.3 is 0 Å². The van der Waals surface area contributed by atoms with Crippen LogP contribution < -0.4 is 4.90 Å². The molecule has 104 valence electrons. The number of rotatable bonds is 3. The molecule has 9 heteroatoms. The van der Waals surface area contributed by atoms with Crippen LogP contribution in [0.2, 0.25) is 0 Å². The number of carbonyl (C=O) groups excluding carboxylic acids is 2. The maximum atomic E-state index is 11.5. The Hall–Kier alpha value is -2.52. The van der Waals surface area contributed by atoms with Crippen molar-refractivity contribution in [3.8, 4) is 0 Å². The Morgan fingerprint density at radius 3 is 2.33 bits per heavy atom. The number of aromatic amines is 1. The summed E-state index contributed by atoms with van der Waals surface area (Å²) in [6.45, 7) is 0. The van der Waals surface area contributed by atoms with E-state index in [0.29, 0.717) is 20.5 Å². The van der Waals surface area contributed by atoms with Crippen molar-refractivity contribution in [3.63, 3.8) is 0 Å². The van der Waals surface area contributed by atoms with Crippen molar-refractivity contribution in [2.75, 3.05) is 4.90 Å². The van der Waals surface area contributed by atoms with Crippen LogP contribution in [0, 0.1) is 3.95 Å². The number of carbonyl (C=O) groups is 2. The normalized spacial score (nSPS) is 14.6. The smallest absolute Gasteiger partial charge is 0.258 e. The highest BCUT2D eigenvalue weighted by Crippen LogP contribution is 2.24. The van der Waals surface area contributed by atoms with Gasteiger partial charge in [0.25, 0.3) is 11.8 Å². The molecule has 0 aliphatic carbocycles. The molecule has 2 aromatic rings. The Morgan fingerprint density at radius 2 is 1.76 bits per heavy atom. The third-order valence-electron chi connectivity index (χ3n) is 2.60. The maximum Gasteiger partial charge on any atom is 0.258 e. The Balaban J connectivity index is 1.78. The number of aromatic nitrogens is 2. The lowest BCUT2D eigenvalue weighted by Crippen LogP contribution is -2.29. The van der Waals surface area contributed by atoms with E-state index in [-0.39, 0.29) is 11.8 Å². The second kappa shape index (κ2) is 5.46. The van der Waals surface area contributed by atoms with E-state index in [9.17, 15) is 9.59 Å². The van der Waals surface area contributed by atoms with Crippen LogP contribution >= 0.6 is 23.6 Å². The lowest BCUT2D eigenvalue weighted by atomic mass is 10.2. The van der Waals surface area contributed by atoms with Crippen LogP contribution in [-0.2, 0) is 9.59 Å². The van der Waals surface area contributed by atoms with Crippen molar-refractivity contribution in [3.05, 3.63) is 40.4 Å². The first-order valence-corrected chi connectivity index (χ1v) is 6.99. The molecule has 1 aromatic heterocycles. The van der Waals surface area contributed by atoms with Crippen LogP contribution in [0.4, 0.5) is 16.5 Å². The van der Waals surface area contributed by atoms with Gasteiger partial charge in [0.1, 0.15) is 0 Å². The molecule has 0 bridgehead atoms. The molecule has 21 heavy (non-hydrogen) atoms. The molecule has 2 heterocycles. The van der Waals surface area contributed by atoms with E-state index < -0.39 is 0 Å². The molecule has 0 spiro atoms. The van der Waals surface area contributed by atoms with Gasteiger partial charge >= 0.3 is 0 Å². The predicted molar refractivity (Wildman–Crippen MR) is 79.5 cm³/mol. The zero-order valence-corrected chi connectivity index (χ0v) is 12.0. The van der Waals surface area contributed by atoms with Crippen LogP contribution in [0.15, 0.2) is 46.6 Å². The fraction of sp³-hybridized carbons (Fsp3) is 0. The van der Waals surface area contributed by atoms with Crippen LogP contribution in [0.1, 0.15) is 0 Å². The van der Waals surface area contributed by atoms with Gasteiger partial charge in [0.05, 0.1) is 11.4 Å². The number of H-pyrrole nitrogens is 1. The minimum absolute atomic E-state index is 0.356. The summed E-state index contributed by atoms with van der Waals surface area (Å²) < 4.78 is 0.526. The molecule has 0 unspecified atom stereocenters. The third kappa shape index (κ3) is 2.83. The highest BCUT2D eigenvalue weighted by molar-refractivity contribution is 7.73. The minimum atomic E-state index is -0.356. The Morgan fingerprint density at radius 1 is 1.10 bits per heavy atom. The Labute approximate surface area is 127 Å². The zero-order valence-electron chi connectivity index (χ0n) is 10.4. The van der Waals surface area contributed by atoms with E-state index in [4.69, 9.17) is 12.2 Å². The summed E-state index contributed by atoms with van der Waals surface area (Å²) in [5.41, 5.74) is 1.07. The van der Waals surface area contributed by atoms with Gasteiger partial charge in [-0.3, -0.25) is 14.7 Å². The van der Waals surface area contributed by atoms with Gasteiger partial charge in [0, 0.05) is 12.2 Å². The third-order valence-corrected chi connectivity index (χ3v) is 3.57. The van der Waals surface area contributed by atoms with E-state index in [1.54, 1.807) is 24.3 Å². The minimum Gasteiger partial charge on any atom is -0.269 e. The molecular formula is C12H7N5O2S2. The van der Waals surface area contributed by atoms with Gasteiger partial charge in [-0.05, 0) is 36.5 Å². The number of hydrogen-bond acceptors (Lipinski definition) is 7. The second-order valence-corrected chi connectivity index (χ2v) is 5.60. The molecule has 0 atom stereocenters. The van der Waals surface area contributed by atoms with E-state index in [2.05, 4.69) is 20.4 Å². The van der Waals surface area contributed by atoms with Crippen molar-refractivity contribution in [1.29, 1.82) is 0 Å². The van der Waals surface area contributed by atoms with Crippen molar-refractivity contribution in [1.82, 2.24) is 10.2 Å². The maximum absolute atomic E-state index is 11.5. The molecule has 1 aliphatic rings. The highest BCUT2D eigenvalue weighted by atomic mass is 32.1. The number of imide groups is 1. The molecule has 1 aliphatic heterocycles. The standard InChI is InChI=1S/C12H7N5O2S2/c18-9-5-6-10(19)17(9)8-3-1-7(2-4-8)13-14-11-15-16-12(20)21-11/h1-6H,(H,16,20). The number of benzene rings is 1. The molecule has 1 N–H and O–H groups in total. The van der Waals surface area contributed by atoms with Crippen LogP contribution in [-0.4, -0.2) is 22.0 Å². The van der Waals surface area contributed by atoms with Crippen molar-refractivity contribution >= 4 is 51.9 Å². The first-order valence-electron chi connectivity index (χ1n) is 5.77. The first-order chi connectivity index (χ1) is 10.1. The molecular weight excluding hydrogens is 310 g/mol. The van der Waals surface area contributed by atoms with E-state index >= 15 is 0 Å². The monoisotopic (exact) mass is 317 g/mol. The average molecular weight is 317 g/mol. The zero-order chi connectivity index (χ0) is 14.8. The number of azo groups is 1. The highest BCUT2D eigenvalue weighted by Gasteiger charge is 2.24. The van der Waals surface area contributed by atoms with Crippen molar-refractivity contribution < 1.29 is 9.59 Å². The van der Waals surface area contributed by atoms with E-state index in [1.807, 2.05) is 0 Å². The summed E-state index contributed by atoms with van der Waals surface area (Å²) in [6.07, 6.45) is 2.47. The fourth-order valence-electron chi connectivity index (χ4n) is 1.69. The topological polar surface area (TPSA) is 90.8 Å². The first kappa shape index (κ1) is 13.5. The lowest BCUT2D eigenvalue weighted by Gasteiger charge is -2.13. The summed E-state index contributed by atoms with van der Waals surface area (Å²) in [5.74, 6) is -0.712. The van der Waals surface area contributed by atoms with Gasteiger partial charge in [-0.1, -0.05) is 11.3 Å². The second-order valence-electron chi connectivity index (χ2n) is 3.96. The molecule has 0 fully saturated rings. The molecule has 0 radical (unpaired) electrons. The van der Waals surface area contributed by atoms with Gasteiger partial charge in [-0.15, -0.1) is 15.3 Å². The van der Waals surface area contributed by atoms with Crippen LogP contribution in [0.3, 0.4) is 0 Å². The molecule has 0 saturated carbocycles. The molecule has 0 saturated heterocycles. The summed E-state index contributed by atoms with van der Waals surface area (Å²) in [4.78, 5) is 24.2. The van der Waals surface area contributed by atoms with Crippen molar-refractivity contribution in [2.24, 2.45) is 10.2 Å². The average Bonchev–Trinajstić information content (AvgIpc) is 3.04. The molecule has 7 nitrogen and oxygen atoms in total. The Bertz CT molecular complexity index is 801. The van der Waals surface area contributed by atoms with Gasteiger partial charge in [-0.2, -0.15) is 0 Å². The molecule has 2 amide bonds. The summed E-state index contributed by atoms with van der Waals surface area (Å²) >= 11 is 6.10. The van der Waals surface area contributed by atoms with Crippen LogP contribution in [0.5, 0.6) is 0 Å². The largest absolute Gasteiger partial charge is 0.269 e. The number of nitrogens with one attached hydrogen (secondary N) is 1. The summed E-state index contributed by atoms with van der Waals surface area (Å²) in [7, 11) is 0. The van der Waals surface area contributed by atoms with Crippen molar-refractivity contribution in [2.45, 2.75) is 0 Å². The van der Waals surface area contributed by atoms with Crippen LogP contribution in [0.25, 0.3) is 0 Å². The number of nitrogens with zero attached hydrogens (tertiary/aromatic N) is 4. The molecule has 3 rings (SSSR count). The Kier molecular flexibility index (Phi) is 3.50. The number of amides is 2. The predicted octanol–water partition coefficient (Wildman–Crippen LogP) is 3.05.